The van der Waals surface area contributed by atoms with Crippen molar-refractivity contribution in [1.82, 2.24) is 4.98 Å². The number of piperidine rings is 1. The van der Waals surface area contributed by atoms with Crippen LogP contribution in [-0.2, 0) is 9.47 Å². The van der Waals surface area contributed by atoms with Crippen LogP contribution in [0, 0.1) is 0 Å². The molecular formula is C15H23N3O3. The Kier molecular flexibility index (Phi) is 4.67. The van der Waals surface area contributed by atoms with Gasteiger partial charge in [0.25, 0.3) is 0 Å². The zero-order chi connectivity index (χ0) is 15.5. The van der Waals surface area contributed by atoms with Crippen LogP contribution in [0.4, 0.5) is 11.5 Å². The van der Waals surface area contributed by atoms with E-state index in [4.69, 9.17) is 15.2 Å². The average molecular weight is 293 g/mol. The molecule has 2 rings (SSSR count). The second-order valence-electron chi connectivity index (χ2n) is 5.50. The molecule has 1 aromatic heterocycles. The SMILES string of the molecule is CCOC(=O)c1ccnc(N2CCCC(C)(OC)C2)c1N. The number of nitrogens with zero attached hydrogens (tertiary/aromatic N) is 2. The Balaban J connectivity index is 2.28. The van der Waals surface area contributed by atoms with Crippen LogP contribution in [0.1, 0.15) is 37.0 Å². The van der Waals surface area contributed by atoms with E-state index in [-0.39, 0.29) is 5.60 Å². The maximum atomic E-state index is 11.9. The molecule has 1 unspecified atom stereocenters. The van der Waals surface area contributed by atoms with Crippen LogP contribution >= 0.6 is 0 Å². The van der Waals surface area contributed by atoms with Gasteiger partial charge in [0.2, 0.25) is 0 Å². The second kappa shape index (κ2) is 6.30. The summed E-state index contributed by atoms with van der Waals surface area (Å²) in [6.45, 7) is 5.71. The third-order valence-electron chi connectivity index (χ3n) is 3.92. The Morgan fingerprint density at radius 3 is 3.00 bits per heavy atom. The molecular weight excluding hydrogens is 270 g/mol. The summed E-state index contributed by atoms with van der Waals surface area (Å²) in [7, 11) is 1.72. The molecule has 1 aliphatic heterocycles. The summed E-state index contributed by atoms with van der Waals surface area (Å²) in [4.78, 5) is 18.3. The zero-order valence-corrected chi connectivity index (χ0v) is 12.9. The van der Waals surface area contributed by atoms with Gasteiger partial charge in [-0.15, -0.1) is 0 Å². The highest BCUT2D eigenvalue weighted by molar-refractivity contribution is 5.97. The molecule has 2 N–H and O–H groups in total. The minimum absolute atomic E-state index is 0.216. The quantitative estimate of drug-likeness (QED) is 0.854. The van der Waals surface area contributed by atoms with Crippen LogP contribution in [0.2, 0.25) is 0 Å². The van der Waals surface area contributed by atoms with Crippen molar-refractivity contribution in [2.45, 2.75) is 32.3 Å². The number of carbonyl (C=O) groups excluding carboxylic acids is 1. The number of hydrogen-bond donors (Lipinski definition) is 1. The third kappa shape index (κ3) is 3.26. The van der Waals surface area contributed by atoms with E-state index in [2.05, 4.69) is 16.8 Å². The first-order chi connectivity index (χ1) is 10.0. The molecule has 0 saturated carbocycles. The number of nitrogens with two attached hydrogens (primary N) is 1. The molecule has 116 valence electrons. The summed E-state index contributed by atoms with van der Waals surface area (Å²) in [5.41, 5.74) is 6.65. The minimum Gasteiger partial charge on any atom is -0.462 e. The molecule has 0 spiro atoms. The van der Waals surface area contributed by atoms with Crippen molar-refractivity contribution in [3.63, 3.8) is 0 Å². The summed E-state index contributed by atoms with van der Waals surface area (Å²) in [6.07, 6.45) is 3.59. The first-order valence-corrected chi connectivity index (χ1v) is 7.22. The van der Waals surface area contributed by atoms with E-state index in [0.717, 1.165) is 19.4 Å². The lowest BCUT2D eigenvalue weighted by Crippen LogP contribution is -2.48. The first kappa shape index (κ1) is 15.6. The van der Waals surface area contributed by atoms with Crippen LogP contribution in [-0.4, -0.2) is 43.4 Å². The lowest BCUT2D eigenvalue weighted by atomic mass is 9.94. The van der Waals surface area contributed by atoms with Gasteiger partial charge in [0, 0.05) is 26.4 Å². The van der Waals surface area contributed by atoms with E-state index < -0.39 is 5.97 Å². The number of ether oxygens (including phenoxy) is 2. The van der Waals surface area contributed by atoms with Gasteiger partial charge in [0.15, 0.2) is 5.82 Å². The molecule has 1 aliphatic rings. The molecule has 1 atom stereocenters. The number of carbonyl (C=O) groups is 1. The third-order valence-corrected chi connectivity index (χ3v) is 3.92. The second-order valence-corrected chi connectivity index (χ2v) is 5.50. The van der Waals surface area contributed by atoms with Crippen LogP contribution < -0.4 is 10.6 Å². The van der Waals surface area contributed by atoms with E-state index in [1.165, 1.54) is 0 Å². The fourth-order valence-corrected chi connectivity index (χ4v) is 2.65. The molecule has 2 heterocycles. The predicted molar refractivity (Wildman–Crippen MR) is 81.5 cm³/mol. The number of anilines is 2. The maximum absolute atomic E-state index is 11.9. The van der Waals surface area contributed by atoms with Gasteiger partial charge in [-0.25, -0.2) is 9.78 Å². The summed E-state index contributed by atoms with van der Waals surface area (Å²) in [5.74, 6) is 0.216. The van der Waals surface area contributed by atoms with Crippen molar-refractivity contribution in [2.24, 2.45) is 0 Å². The molecule has 1 aromatic rings. The number of pyridine rings is 1. The highest BCUT2D eigenvalue weighted by Gasteiger charge is 2.32. The molecule has 0 radical (unpaired) electrons. The predicted octanol–water partition coefficient (Wildman–Crippen LogP) is 1.85. The van der Waals surface area contributed by atoms with E-state index >= 15 is 0 Å². The van der Waals surface area contributed by atoms with Crippen LogP contribution in [0.3, 0.4) is 0 Å². The highest BCUT2D eigenvalue weighted by atomic mass is 16.5. The number of hydrogen-bond acceptors (Lipinski definition) is 6. The van der Waals surface area contributed by atoms with Gasteiger partial charge in [0.1, 0.15) is 0 Å². The number of rotatable bonds is 4. The summed E-state index contributed by atoms with van der Waals surface area (Å²) in [5, 5.41) is 0. The standard InChI is InChI=1S/C15H23N3O3/c1-4-21-14(19)11-6-8-17-13(12(11)16)18-9-5-7-15(2,10-18)20-3/h6,8H,4-5,7,9-10,16H2,1-3H3. The normalized spacial score (nSPS) is 22.1. The van der Waals surface area contributed by atoms with Crippen molar-refractivity contribution in [1.29, 1.82) is 0 Å². The summed E-state index contributed by atoms with van der Waals surface area (Å²) < 4.78 is 10.6. The fraction of sp³-hybridized carbons (Fsp3) is 0.600. The molecule has 6 heteroatoms. The maximum Gasteiger partial charge on any atom is 0.340 e. The van der Waals surface area contributed by atoms with Gasteiger partial charge >= 0.3 is 5.97 Å². The van der Waals surface area contributed by atoms with E-state index in [9.17, 15) is 4.79 Å². The van der Waals surface area contributed by atoms with Crippen LogP contribution in [0.25, 0.3) is 0 Å². The smallest absolute Gasteiger partial charge is 0.340 e. The largest absolute Gasteiger partial charge is 0.462 e. The minimum atomic E-state index is -0.412. The topological polar surface area (TPSA) is 77.7 Å². The molecule has 1 saturated heterocycles. The van der Waals surface area contributed by atoms with Gasteiger partial charge in [0.05, 0.1) is 23.5 Å². The van der Waals surface area contributed by atoms with Crippen molar-refractivity contribution in [3.8, 4) is 0 Å². The lowest BCUT2D eigenvalue weighted by molar-refractivity contribution is -0.00478. The Bertz CT molecular complexity index is 521. The monoisotopic (exact) mass is 293 g/mol. The lowest BCUT2D eigenvalue weighted by Gasteiger charge is -2.40. The van der Waals surface area contributed by atoms with Crippen LogP contribution in [0.5, 0.6) is 0 Å². The summed E-state index contributed by atoms with van der Waals surface area (Å²) in [6, 6.07) is 1.59. The Labute approximate surface area is 125 Å². The number of aromatic nitrogens is 1. The molecule has 21 heavy (non-hydrogen) atoms. The van der Waals surface area contributed by atoms with E-state index in [0.29, 0.717) is 30.2 Å². The molecule has 0 amide bonds. The van der Waals surface area contributed by atoms with Crippen molar-refractivity contribution in [3.05, 3.63) is 17.8 Å². The van der Waals surface area contributed by atoms with Crippen molar-refractivity contribution in [2.75, 3.05) is 37.4 Å². The first-order valence-electron chi connectivity index (χ1n) is 7.22. The number of methoxy groups -OCH3 is 1. The fourth-order valence-electron chi connectivity index (χ4n) is 2.65. The van der Waals surface area contributed by atoms with Crippen molar-refractivity contribution < 1.29 is 14.3 Å². The molecule has 0 aromatic carbocycles. The van der Waals surface area contributed by atoms with Gasteiger partial charge < -0.3 is 20.1 Å². The number of esters is 1. The highest BCUT2D eigenvalue weighted by Crippen LogP contribution is 2.31. The number of nitrogen functional groups attached to an aromatic ring is 1. The Morgan fingerprint density at radius 2 is 2.33 bits per heavy atom. The Hall–Kier alpha value is -1.82. The summed E-state index contributed by atoms with van der Waals surface area (Å²) >= 11 is 0. The molecule has 1 fully saturated rings. The van der Waals surface area contributed by atoms with E-state index in [1.807, 2.05) is 0 Å². The van der Waals surface area contributed by atoms with E-state index in [1.54, 1.807) is 26.3 Å². The molecule has 6 nitrogen and oxygen atoms in total. The van der Waals surface area contributed by atoms with Crippen molar-refractivity contribution >= 4 is 17.5 Å². The molecule has 0 aliphatic carbocycles. The average Bonchev–Trinajstić information content (AvgIpc) is 2.47. The Morgan fingerprint density at radius 1 is 1.57 bits per heavy atom. The van der Waals surface area contributed by atoms with Gasteiger partial charge in [-0.05, 0) is 32.8 Å². The van der Waals surface area contributed by atoms with Crippen LogP contribution in [0.15, 0.2) is 12.3 Å². The van der Waals surface area contributed by atoms with Gasteiger partial charge in [-0.1, -0.05) is 0 Å². The van der Waals surface area contributed by atoms with Gasteiger partial charge in [-0.3, -0.25) is 0 Å². The zero-order valence-electron chi connectivity index (χ0n) is 12.9. The molecule has 0 bridgehead atoms. The van der Waals surface area contributed by atoms with Gasteiger partial charge in [-0.2, -0.15) is 0 Å².